The van der Waals surface area contributed by atoms with Crippen molar-refractivity contribution < 1.29 is 28.6 Å². The molecular formula is C19H19ClN2O6. The Hall–Kier alpha value is -3.26. The van der Waals surface area contributed by atoms with Gasteiger partial charge in [0, 0.05) is 6.07 Å². The number of ether oxygens (including phenoxy) is 3. The second-order valence-electron chi connectivity index (χ2n) is 5.46. The number of hydrogen-bond acceptors (Lipinski definition) is 7. The van der Waals surface area contributed by atoms with Crippen LogP contribution in [0.15, 0.2) is 36.4 Å². The van der Waals surface area contributed by atoms with Crippen LogP contribution in [0.3, 0.4) is 0 Å². The molecule has 9 heteroatoms. The number of hydrogen-bond donors (Lipinski definition) is 2. The number of carbonyl (C=O) groups excluding carboxylic acids is 3. The summed E-state index contributed by atoms with van der Waals surface area (Å²) in [5.74, 6) is -1.85. The van der Waals surface area contributed by atoms with Gasteiger partial charge in [0.2, 0.25) is 0 Å². The van der Waals surface area contributed by atoms with Crippen molar-refractivity contribution in [1.82, 2.24) is 0 Å². The highest BCUT2D eigenvalue weighted by atomic mass is 35.5. The van der Waals surface area contributed by atoms with Crippen molar-refractivity contribution in [1.29, 1.82) is 0 Å². The lowest BCUT2D eigenvalue weighted by Crippen LogP contribution is -2.22. The summed E-state index contributed by atoms with van der Waals surface area (Å²) in [5.41, 5.74) is 6.37. The van der Waals surface area contributed by atoms with Crippen molar-refractivity contribution in [2.24, 2.45) is 0 Å². The third-order valence-electron chi connectivity index (χ3n) is 3.57. The third kappa shape index (κ3) is 5.14. The predicted molar refractivity (Wildman–Crippen MR) is 104 cm³/mol. The molecule has 0 spiro atoms. The summed E-state index contributed by atoms with van der Waals surface area (Å²) in [4.78, 5) is 36.3. The maximum Gasteiger partial charge on any atom is 0.342 e. The highest BCUT2D eigenvalue weighted by Gasteiger charge is 2.19. The molecule has 0 aromatic heterocycles. The van der Waals surface area contributed by atoms with Gasteiger partial charge in [-0.25, -0.2) is 9.59 Å². The number of esters is 2. The van der Waals surface area contributed by atoms with E-state index in [1.165, 1.54) is 31.4 Å². The summed E-state index contributed by atoms with van der Waals surface area (Å²) in [6.45, 7) is 1.29. The summed E-state index contributed by atoms with van der Waals surface area (Å²) in [7, 11) is 1.36. The van der Waals surface area contributed by atoms with E-state index in [2.05, 4.69) is 5.32 Å². The topological polar surface area (TPSA) is 117 Å². The van der Waals surface area contributed by atoms with Gasteiger partial charge < -0.3 is 25.3 Å². The average Bonchev–Trinajstić information content (AvgIpc) is 2.68. The highest BCUT2D eigenvalue weighted by molar-refractivity contribution is 6.33. The lowest BCUT2D eigenvalue weighted by Gasteiger charge is -2.12. The molecule has 0 radical (unpaired) electrons. The first-order valence-electron chi connectivity index (χ1n) is 8.23. The third-order valence-corrected chi connectivity index (χ3v) is 3.90. The second-order valence-corrected chi connectivity index (χ2v) is 5.87. The van der Waals surface area contributed by atoms with Gasteiger partial charge in [-0.05, 0) is 25.1 Å². The first kappa shape index (κ1) is 21.0. The fourth-order valence-corrected chi connectivity index (χ4v) is 2.44. The predicted octanol–water partition coefficient (Wildman–Crippen LogP) is 2.90. The monoisotopic (exact) mass is 406 g/mol. The molecule has 8 nitrogen and oxygen atoms in total. The summed E-state index contributed by atoms with van der Waals surface area (Å²) in [5, 5.41) is 2.66. The van der Waals surface area contributed by atoms with Crippen LogP contribution in [0.4, 0.5) is 11.4 Å². The Labute approximate surface area is 166 Å². The van der Waals surface area contributed by atoms with E-state index < -0.39 is 24.5 Å². The van der Waals surface area contributed by atoms with E-state index in [9.17, 15) is 14.4 Å². The number of carbonyl (C=O) groups is 3. The van der Waals surface area contributed by atoms with Crippen molar-refractivity contribution in [3.63, 3.8) is 0 Å². The van der Waals surface area contributed by atoms with Gasteiger partial charge in [-0.15, -0.1) is 0 Å². The van der Waals surface area contributed by atoms with Crippen LogP contribution in [0.2, 0.25) is 5.02 Å². The van der Waals surface area contributed by atoms with Crippen molar-refractivity contribution in [2.45, 2.75) is 6.92 Å². The number of rotatable bonds is 7. The number of halogens is 1. The second kappa shape index (κ2) is 9.61. The molecule has 28 heavy (non-hydrogen) atoms. The molecule has 0 bridgehead atoms. The minimum atomic E-state index is -0.812. The average molecular weight is 407 g/mol. The number of anilines is 2. The van der Waals surface area contributed by atoms with Crippen molar-refractivity contribution in [3.8, 4) is 5.75 Å². The largest absolute Gasteiger partial charge is 0.496 e. The molecule has 0 heterocycles. The molecule has 3 N–H and O–H groups in total. The van der Waals surface area contributed by atoms with E-state index in [1.54, 1.807) is 19.1 Å². The number of nitrogen functional groups attached to an aromatic ring is 1. The Balaban J connectivity index is 2.05. The first-order chi connectivity index (χ1) is 13.4. The fraction of sp³-hybridized carbons (Fsp3) is 0.211. The lowest BCUT2D eigenvalue weighted by atomic mass is 10.1. The zero-order valence-corrected chi connectivity index (χ0v) is 16.0. The van der Waals surface area contributed by atoms with Crippen LogP contribution in [0.1, 0.15) is 27.6 Å². The van der Waals surface area contributed by atoms with E-state index in [0.29, 0.717) is 0 Å². The quantitative estimate of drug-likeness (QED) is 0.536. The van der Waals surface area contributed by atoms with E-state index in [1.807, 2.05) is 0 Å². The number of methoxy groups -OCH3 is 1. The van der Waals surface area contributed by atoms with Crippen molar-refractivity contribution in [3.05, 3.63) is 52.5 Å². The summed E-state index contributed by atoms with van der Waals surface area (Å²) in [6, 6.07) is 9.01. The van der Waals surface area contributed by atoms with Gasteiger partial charge in [0.1, 0.15) is 11.3 Å². The number of amides is 1. The maximum absolute atomic E-state index is 12.2. The van der Waals surface area contributed by atoms with Crippen molar-refractivity contribution >= 4 is 40.8 Å². The smallest absolute Gasteiger partial charge is 0.342 e. The van der Waals surface area contributed by atoms with Crippen LogP contribution < -0.4 is 15.8 Å². The van der Waals surface area contributed by atoms with E-state index in [-0.39, 0.29) is 39.9 Å². The summed E-state index contributed by atoms with van der Waals surface area (Å²) in [6.07, 6.45) is 0. The van der Waals surface area contributed by atoms with Crippen LogP contribution >= 0.6 is 11.6 Å². The van der Waals surface area contributed by atoms with E-state index in [4.69, 9.17) is 31.5 Å². The zero-order chi connectivity index (χ0) is 20.7. The summed E-state index contributed by atoms with van der Waals surface area (Å²) < 4.78 is 15.0. The zero-order valence-electron chi connectivity index (χ0n) is 15.3. The molecule has 148 valence electrons. The lowest BCUT2D eigenvalue weighted by molar-refractivity contribution is -0.119. The van der Waals surface area contributed by atoms with E-state index >= 15 is 0 Å². The Bertz CT molecular complexity index is 900. The summed E-state index contributed by atoms with van der Waals surface area (Å²) >= 11 is 5.92. The van der Waals surface area contributed by atoms with Gasteiger partial charge in [-0.1, -0.05) is 23.7 Å². The molecule has 0 aliphatic rings. The molecule has 0 saturated carbocycles. The van der Waals surface area contributed by atoms with Crippen LogP contribution in [0, 0.1) is 0 Å². The molecule has 0 saturated heterocycles. The molecule has 1 amide bonds. The van der Waals surface area contributed by atoms with Gasteiger partial charge >= 0.3 is 11.9 Å². The Morgan fingerprint density at radius 1 is 1.07 bits per heavy atom. The maximum atomic E-state index is 12.2. The van der Waals surface area contributed by atoms with Gasteiger partial charge in [-0.3, -0.25) is 4.79 Å². The molecule has 0 aliphatic heterocycles. The Kier molecular flexibility index (Phi) is 7.22. The Morgan fingerprint density at radius 2 is 1.75 bits per heavy atom. The number of nitrogens with one attached hydrogen (secondary N) is 1. The van der Waals surface area contributed by atoms with Crippen LogP contribution in [0.5, 0.6) is 5.75 Å². The normalized spacial score (nSPS) is 10.1. The van der Waals surface area contributed by atoms with Gasteiger partial charge in [-0.2, -0.15) is 0 Å². The molecule has 2 aromatic rings. The van der Waals surface area contributed by atoms with E-state index in [0.717, 1.165) is 0 Å². The van der Waals surface area contributed by atoms with Crippen LogP contribution in [-0.4, -0.2) is 38.2 Å². The number of para-hydroxylation sites is 1. The minimum absolute atomic E-state index is 0.0291. The number of nitrogens with two attached hydrogens (primary N) is 1. The SMILES string of the molecule is CCOC(=O)c1ccccc1NC(=O)COC(=O)c1cc(Cl)c(N)cc1OC. The van der Waals surface area contributed by atoms with Crippen molar-refractivity contribution in [2.75, 3.05) is 31.4 Å². The minimum Gasteiger partial charge on any atom is -0.496 e. The first-order valence-corrected chi connectivity index (χ1v) is 8.61. The van der Waals surface area contributed by atoms with Crippen LogP contribution in [0.25, 0.3) is 0 Å². The highest BCUT2D eigenvalue weighted by Crippen LogP contribution is 2.29. The fourth-order valence-electron chi connectivity index (χ4n) is 2.27. The van der Waals surface area contributed by atoms with Crippen LogP contribution in [-0.2, 0) is 14.3 Å². The standard InChI is InChI=1S/C19H19ClN2O6/c1-3-27-18(24)11-6-4-5-7-15(11)22-17(23)10-28-19(25)12-8-13(20)14(21)9-16(12)26-2/h4-9H,3,10,21H2,1-2H3,(H,22,23). The molecule has 2 aromatic carbocycles. The molecule has 0 unspecified atom stereocenters. The van der Waals surface area contributed by atoms with Gasteiger partial charge in [0.25, 0.3) is 5.91 Å². The number of benzene rings is 2. The molecular weight excluding hydrogens is 388 g/mol. The Morgan fingerprint density at radius 3 is 2.43 bits per heavy atom. The molecule has 2 rings (SSSR count). The van der Waals surface area contributed by atoms with Gasteiger partial charge in [0.05, 0.1) is 35.7 Å². The molecule has 0 fully saturated rings. The molecule has 0 aliphatic carbocycles. The van der Waals surface area contributed by atoms with Gasteiger partial charge in [0.15, 0.2) is 6.61 Å². The molecule has 0 atom stereocenters.